The molecule has 2 aromatic carbocycles. The number of benzene rings is 2. The van der Waals surface area contributed by atoms with Crippen molar-refractivity contribution < 1.29 is 22.6 Å². The normalized spacial score (nSPS) is 11.4. The third-order valence-electron chi connectivity index (χ3n) is 3.22. The molecule has 0 unspecified atom stereocenters. The minimum absolute atomic E-state index is 0.0400. The van der Waals surface area contributed by atoms with Gasteiger partial charge in [-0.3, -0.25) is 0 Å². The molecule has 0 atom stereocenters. The Hall–Kier alpha value is -3.23. The average molecular weight is 366 g/mol. The molecule has 0 radical (unpaired) electrons. The second-order valence-electron chi connectivity index (χ2n) is 5.17. The van der Waals surface area contributed by atoms with Gasteiger partial charge in [-0.15, -0.1) is 5.10 Å². The summed E-state index contributed by atoms with van der Waals surface area (Å²) in [5, 5.41) is 7.16. The fourth-order valence-corrected chi connectivity index (χ4v) is 2.04. The predicted molar refractivity (Wildman–Crippen MR) is 92.2 cm³/mol. The van der Waals surface area contributed by atoms with E-state index in [1.54, 1.807) is 24.3 Å². The largest absolute Gasteiger partial charge is 0.493 e. The fraction of sp³-hybridized carbons (Fsp3) is 0.176. The molecular weight excluding hydrogens is 349 g/mol. The fourth-order valence-electron chi connectivity index (χ4n) is 2.04. The van der Waals surface area contributed by atoms with Gasteiger partial charge in [-0.1, -0.05) is 12.1 Å². The van der Waals surface area contributed by atoms with Crippen molar-refractivity contribution in [3.05, 3.63) is 59.2 Å². The van der Waals surface area contributed by atoms with Crippen LogP contribution in [0, 0.1) is 0 Å². The molecule has 0 bridgehead atoms. The first-order valence-corrected chi connectivity index (χ1v) is 7.38. The van der Waals surface area contributed by atoms with Crippen LogP contribution in [-0.2, 0) is 12.8 Å². The lowest BCUT2D eigenvalue weighted by Crippen LogP contribution is -2.21. The lowest BCUT2D eigenvalue weighted by atomic mass is 10.1. The number of guanidine groups is 1. The highest BCUT2D eigenvalue weighted by atomic mass is 19.4. The highest BCUT2D eigenvalue weighted by Crippen LogP contribution is 2.31. The third-order valence-corrected chi connectivity index (χ3v) is 3.22. The lowest BCUT2D eigenvalue weighted by Gasteiger charge is -2.12. The Kier molecular flexibility index (Phi) is 6.05. The Morgan fingerprint density at radius 2 is 1.88 bits per heavy atom. The van der Waals surface area contributed by atoms with E-state index in [2.05, 4.69) is 10.2 Å². The van der Waals surface area contributed by atoms with Crippen LogP contribution in [0.2, 0.25) is 0 Å². The first-order chi connectivity index (χ1) is 12.3. The third kappa shape index (κ3) is 5.40. The summed E-state index contributed by atoms with van der Waals surface area (Å²) in [6.45, 7) is -0.0400. The van der Waals surface area contributed by atoms with Crippen molar-refractivity contribution in [3.8, 4) is 11.5 Å². The minimum atomic E-state index is -4.40. The van der Waals surface area contributed by atoms with Gasteiger partial charge in [0.25, 0.3) is 0 Å². The summed E-state index contributed by atoms with van der Waals surface area (Å²) in [6, 6.07) is 9.86. The van der Waals surface area contributed by atoms with Crippen LogP contribution < -0.4 is 20.9 Å². The summed E-state index contributed by atoms with van der Waals surface area (Å²) in [6.07, 6.45) is -2.98. The molecule has 4 N–H and O–H groups in total. The van der Waals surface area contributed by atoms with Crippen LogP contribution in [0.5, 0.6) is 11.5 Å². The number of methoxy groups -OCH3 is 1. The first-order valence-electron chi connectivity index (χ1n) is 7.38. The molecule has 0 saturated heterocycles. The maximum Gasteiger partial charge on any atom is 0.416 e. The van der Waals surface area contributed by atoms with E-state index >= 15 is 0 Å². The molecule has 0 amide bonds. The van der Waals surface area contributed by atoms with Gasteiger partial charge in [0.2, 0.25) is 5.96 Å². The van der Waals surface area contributed by atoms with Crippen LogP contribution in [0.25, 0.3) is 0 Å². The first kappa shape index (κ1) is 19.1. The van der Waals surface area contributed by atoms with E-state index in [9.17, 15) is 13.2 Å². The highest BCUT2D eigenvalue weighted by Gasteiger charge is 2.30. The molecule has 0 saturated carbocycles. The van der Waals surface area contributed by atoms with Crippen LogP contribution >= 0.6 is 0 Å². The van der Waals surface area contributed by atoms with Crippen LogP contribution in [0.1, 0.15) is 16.7 Å². The topological polar surface area (TPSA) is 95.2 Å². The van der Waals surface area contributed by atoms with Gasteiger partial charge in [0.15, 0.2) is 11.5 Å². The predicted octanol–water partition coefficient (Wildman–Crippen LogP) is 2.90. The van der Waals surface area contributed by atoms with Crippen molar-refractivity contribution in [2.24, 2.45) is 21.7 Å². The number of hydrogen-bond donors (Lipinski definition) is 2. The number of nitrogens with two attached hydrogens (primary N) is 2. The van der Waals surface area contributed by atoms with Crippen LogP contribution in [0.3, 0.4) is 0 Å². The summed E-state index contributed by atoms with van der Waals surface area (Å²) in [4.78, 5) is 0. The van der Waals surface area contributed by atoms with Crippen molar-refractivity contribution in [1.82, 2.24) is 0 Å². The second-order valence-corrected chi connectivity index (χ2v) is 5.17. The standard InChI is InChI=1S/C17H17F3N4O2/c1-25-15-8-11(9-23-24-16(21)22)5-6-14(15)26-10-12-3-2-4-13(7-12)17(18,19)20/h2-9H,10H2,1H3,(H4,21,22,24). The zero-order valence-corrected chi connectivity index (χ0v) is 13.8. The van der Waals surface area contributed by atoms with Gasteiger partial charge in [0.05, 0.1) is 18.9 Å². The molecule has 2 rings (SSSR count). The summed E-state index contributed by atoms with van der Waals surface area (Å²) >= 11 is 0. The quantitative estimate of drug-likeness (QED) is 0.467. The van der Waals surface area contributed by atoms with Gasteiger partial charge in [0, 0.05) is 0 Å². The maximum atomic E-state index is 12.7. The number of nitrogens with zero attached hydrogens (tertiary/aromatic N) is 2. The maximum absolute atomic E-state index is 12.7. The van der Waals surface area contributed by atoms with Crippen molar-refractivity contribution >= 4 is 12.2 Å². The van der Waals surface area contributed by atoms with Gasteiger partial charge >= 0.3 is 6.18 Å². The zero-order valence-electron chi connectivity index (χ0n) is 13.8. The minimum Gasteiger partial charge on any atom is -0.493 e. The van der Waals surface area contributed by atoms with Gasteiger partial charge in [0.1, 0.15) is 6.61 Å². The highest BCUT2D eigenvalue weighted by molar-refractivity contribution is 5.82. The average Bonchev–Trinajstić information content (AvgIpc) is 2.59. The molecule has 0 fully saturated rings. The molecule has 0 aliphatic carbocycles. The molecule has 0 aromatic heterocycles. The van der Waals surface area contributed by atoms with Gasteiger partial charge in [-0.25, -0.2) is 0 Å². The van der Waals surface area contributed by atoms with Crippen LogP contribution in [0.4, 0.5) is 13.2 Å². The number of ether oxygens (including phenoxy) is 2. The van der Waals surface area contributed by atoms with E-state index in [1.807, 2.05) is 0 Å². The Morgan fingerprint density at radius 1 is 1.12 bits per heavy atom. The Balaban J connectivity index is 2.12. The van der Waals surface area contributed by atoms with Crippen LogP contribution in [-0.4, -0.2) is 19.3 Å². The molecule has 9 heteroatoms. The second kappa shape index (κ2) is 8.24. The molecule has 0 heterocycles. The summed E-state index contributed by atoms with van der Waals surface area (Å²) in [5.74, 6) is 0.601. The van der Waals surface area contributed by atoms with E-state index in [1.165, 1.54) is 19.4 Å². The Labute approximate surface area is 147 Å². The molecule has 6 nitrogen and oxygen atoms in total. The Morgan fingerprint density at radius 3 is 2.54 bits per heavy atom. The van der Waals surface area contributed by atoms with Crippen molar-refractivity contribution in [2.75, 3.05) is 7.11 Å². The smallest absolute Gasteiger partial charge is 0.416 e. The SMILES string of the molecule is COc1cc(C=NN=C(N)N)ccc1OCc1cccc(C(F)(F)F)c1. The molecule has 0 aliphatic heterocycles. The lowest BCUT2D eigenvalue weighted by molar-refractivity contribution is -0.137. The van der Waals surface area contributed by atoms with E-state index in [0.29, 0.717) is 22.6 Å². The van der Waals surface area contributed by atoms with Gasteiger partial charge in [-0.05, 0) is 41.5 Å². The van der Waals surface area contributed by atoms with Crippen molar-refractivity contribution in [3.63, 3.8) is 0 Å². The Bertz CT molecular complexity index is 816. The van der Waals surface area contributed by atoms with E-state index in [4.69, 9.17) is 20.9 Å². The van der Waals surface area contributed by atoms with Gasteiger partial charge < -0.3 is 20.9 Å². The summed E-state index contributed by atoms with van der Waals surface area (Å²) in [7, 11) is 1.45. The summed E-state index contributed by atoms with van der Waals surface area (Å²) < 4.78 is 49.0. The van der Waals surface area contributed by atoms with Gasteiger partial charge in [-0.2, -0.15) is 18.3 Å². The van der Waals surface area contributed by atoms with Crippen LogP contribution in [0.15, 0.2) is 52.7 Å². The zero-order chi connectivity index (χ0) is 19.2. The van der Waals surface area contributed by atoms with Crippen molar-refractivity contribution in [2.45, 2.75) is 12.8 Å². The number of hydrogen-bond acceptors (Lipinski definition) is 4. The molecule has 0 spiro atoms. The van der Waals surface area contributed by atoms with E-state index in [0.717, 1.165) is 12.1 Å². The summed E-state index contributed by atoms with van der Waals surface area (Å²) in [5.41, 5.74) is 10.7. The molecule has 0 aliphatic rings. The molecule has 138 valence electrons. The van der Waals surface area contributed by atoms with Crippen molar-refractivity contribution in [1.29, 1.82) is 0 Å². The number of halogens is 3. The molecule has 2 aromatic rings. The molecular formula is C17H17F3N4O2. The van der Waals surface area contributed by atoms with E-state index < -0.39 is 11.7 Å². The number of alkyl halides is 3. The number of rotatable bonds is 6. The van der Waals surface area contributed by atoms with E-state index in [-0.39, 0.29) is 12.6 Å². The molecule has 26 heavy (non-hydrogen) atoms. The monoisotopic (exact) mass is 366 g/mol.